The molecular weight excluding hydrogens is 238 g/mol. The second-order valence-electron chi connectivity index (χ2n) is 5.13. The van der Waals surface area contributed by atoms with Gasteiger partial charge in [-0.3, -0.25) is 0 Å². The molecule has 1 heterocycles. The Kier molecular flexibility index (Phi) is 2.42. The van der Waals surface area contributed by atoms with Gasteiger partial charge in [-0.2, -0.15) is 0 Å². The molecule has 0 N–H and O–H groups in total. The molecule has 0 spiro atoms. The van der Waals surface area contributed by atoms with Gasteiger partial charge in [-0.15, -0.1) is 0 Å². The smallest absolute Gasteiger partial charge is 0.109 e. The molecule has 1 aromatic heterocycles. The minimum absolute atomic E-state index is 0.177. The molecule has 2 rings (SSSR count). The normalized spacial score (nSPS) is 17.1. The fourth-order valence-corrected chi connectivity index (χ4v) is 2.44. The van der Waals surface area contributed by atoms with Gasteiger partial charge < -0.3 is 0 Å². The number of rotatable bonds is 1. The van der Waals surface area contributed by atoms with E-state index in [1.165, 1.54) is 24.0 Å². The van der Waals surface area contributed by atoms with Crippen LogP contribution in [-0.4, -0.2) is 4.98 Å². The summed E-state index contributed by atoms with van der Waals surface area (Å²) in [6.07, 6.45) is 4.69. The largest absolute Gasteiger partial charge is 0.249 e. The van der Waals surface area contributed by atoms with Crippen LogP contribution in [0.25, 0.3) is 0 Å². The van der Waals surface area contributed by atoms with Crippen molar-refractivity contribution in [1.82, 2.24) is 4.98 Å². The van der Waals surface area contributed by atoms with Crippen LogP contribution < -0.4 is 0 Å². The van der Waals surface area contributed by atoms with Crippen LogP contribution in [0.5, 0.6) is 0 Å². The molecule has 76 valence electrons. The van der Waals surface area contributed by atoms with E-state index in [2.05, 4.69) is 47.8 Å². The maximum Gasteiger partial charge on any atom is 0.109 e. The van der Waals surface area contributed by atoms with Gasteiger partial charge >= 0.3 is 0 Å². The lowest BCUT2D eigenvalue weighted by atomic mass is 9.87. The zero-order chi connectivity index (χ0) is 10.3. The Morgan fingerprint density at radius 1 is 1.36 bits per heavy atom. The quantitative estimate of drug-likeness (QED) is 0.690. The number of aromatic nitrogens is 1. The third-order valence-electron chi connectivity index (χ3n) is 2.72. The number of halogens is 1. The molecule has 0 saturated heterocycles. The van der Waals surface area contributed by atoms with Crippen molar-refractivity contribution in [2.24, 2.45) is 0 Å². The average Bonchev–Trinajstić information content (AvgIpc) is 2.85. The van der Waals surface area contributed by atoms with Crippen LogP contribution >= 0.6 is 15.9 Å². The van der Waals surface area contributed by atoms with Crippen molar-refractivity contribution in [3.8, 4) is 0 Å². The van der Waals surface area contributed by atoms with E-state index in [0.29, 0.717) is 0 Å². The van der Waals surface area contributed by atoms with Gasteiger partial charge in [0.2, 0.25) is 0 Å². The summed E-state index contributed by atoms with van der Waals surface area (Å²) in [6.45, 7) is 6.68. The molecule has 1 saturated carbocycles. The summed E-state index contributed by atoms with van der Waals surface area (Å²) in [5.41, 5.74) is 2.91. The third-order valence-corrected chi connectivity index (χ3v) is 3.35. The second-order valence-corrected chi connectivity index (χ2v) is 5.88. The Balaban J connectivity index is 2.41. The molecule has 1 aromatic rings. The molecule has 0 atom stereocenters. The lowest BCUT2D eigenvalue weighted by molar-refractivity contribution is 0.582. The van der Waals surface area contributed by atoms with Crippen LogP contribution in [-0.2, 0) is 5.41 Å². The highest BCUT2D eigenvalue weighted by Gasteiger charge is 2.26. The lowest BCUT2D eigenvalue weighted by Gasteiger charge is -2.20. The molecule has 1 nitrogen and oxygen atoms in total. The van der Waals surface area contributed by atoms with E-state index in [1.807, 2.05) is 6.20 Å². The summed E-state index contributed by atoms with van der Waals surface area (Å²) in [5.74, 6) is 0.789. The first-order chi connectivity index (χ1) is 6.48. The number of hydrogen-bond donors (Lipinski definition) is 0. The van der Waals surface area contributed by atoms with Crippen LogP contribution in [0.2, 0.25) is 0 Å². The van der Waals surface area contributed by atoms with Crippen LogP contribution in [0.3, 0.4) is 0 Å². The van der Waals surface area contributed by atoms with E-state index in [0.717, 1.165) is 10.5 Å². The molecule has 0 aromatic carbocycles. The highest BCUT2D eigenvalue weighted by atomic mass is 79.9. The Labute approximate surface area is 94.1 Å². The maximum atomic E-state index is 4.42. The predicted octanol–water partition coefficient (Wildman–Crippen LogP) is 4.02. The Morgan fingerprint density at radius 2 is 2.00 bits per heavy atom. The summed E-state index contributed by atoms with van der Waals surface area (Å²) < 4.78 is 0.995. The lowest BCUT2D eigenvalue weighted by Crippen LogP contribution is -2.13. The van der Waals surface area contributed by atoms with E-state index >= 15 is 0 Å². The van der Waals surface area contributed by atoms with Crippen molar-refractivity contribution in [3.63, 3.8) is 0 Å². The molecular formula is C12H16BrN. The first-order valence-electron chi connectivity index (χ1n) is 5.14. The first-order valence-corrected chi connectivity index (χ1v) is 5.93. The minimum Gasteiger partial charge on any atom is -0.249 e. The Morgan fingerprint density at radius 3 is 2.50 bits per heavy atom. The van der Waals surface area contributed by atoms with Crippen molar-refractivity contribution < 1.29 is 0 Å². The Hall–Kier alpha value is -0.370. The van der Waals surface area contributed by atoms with E-state index in [9.17, 15) is 0 Å². The number of nitrogens with zero attached hydrogens (tertiary/aromatic N) is 1. The molecule has 0 unspecified atom stereocenters. The van der Waals surface area contributed by atoms with E-state index in [-0.39, 0.29) is 5.41 Å². The van der Waals surface area contributed by atoms with Crippen molar-refractivity contribution in [3.05, 3.63) is 28.0 Å². The molecule has 1 fully saturated rings. The van der Waals surface area contributed by atoms with Crippen molar-refractivity contribution in [2.45, 2.75) is 44.9 Å². The Bertz CT molecular complexity index is 348. The fraction of sp³-hybridized carbons (Fsp3) is 0.583. The van der Waals surface area contributed by atoms with Gasteiger partial charge in [0.15, 0.2) is 0 Å². The monoisotopic (exact) mass is 253 g/mol. The van der Waals surface area contributed by atoms with Crippen LogP contribution in [0, 0.1) is 0 Å². The second kappa shape index (κ2) is 3.34. The van der Waals surface area contributed by atoms with Gasteiger partial charge in [-0.1, -0.05) is 26.8 Å². The molecule has 1 aliphatic rings. The van der Waals surface area contributed by atoms with Gasteiger partial charge in [0.25, 0.3) is 0 Å². The summed E-state index contributed by atoms with van der Waals surface area (Å²) >= 11 is 3.52. The number of pyridine rings is 1. The SMILES string of the molecule is CC(C)(C)c1cc(C2CC2)cnc1Br. The summed E-state index contributed by atoms with van der Waals surface area (Å²) in [4.78, 5) is 4.42. The number of hydrogen-bond acceptors (Lipinski definition) is 1. The van der Waals surface area contributed by atoms with Gasteiger partial charge in [0.1, 0.15) is 4.60 Å². The van der Waals surface area contributed by atoms with E-state index < -0.39 is 0 Å². The third kappa shape index (κ3) is 2.00. The average molecular weight is 254 g/mol. The maximum absolute atomic E-state index is 4.42. The van der Waals surface area contributed by atoms with Gasteiger partial charge in [0, 0.05) is 6.20 Å². The van der Waals surface area contributed by atoms with Gasteiger partial charge in [-0.05, 0) is 51.2 Å². The predicted molar refractivity (Wildman–Crippen MR) is 62.6 cm³/mol. The first kappa shape index (κ1) is 10.2. The highest BCUT2D eigenvalue weighted by Crippen LogP contribution is 2.41. The standard InChI is InChI=1S/C12H16BrN/c1-12(2,3)10-6-9(8-4-5-8)7-14-11(10)13/h6-8H,4-5H2,1-3H3. The minimum atomic E-state index is 0.177. The van der Waals surface area contributed by atoms with Crippen molar-refractivity contribution in [2.75, 3.05) is 0 Å². The van der Waals surface area contributed by atoms with Gasteiger partial charge in [-0.25, -0.2) is 4.98 Å². The molecule has 0 radical (unpaired) electrons. The molecule has 1 aliphatic carbocycles. The topological polar surface area (TPSA) is 12.9 Å². The van der Waals surface area contributed by atoms with E-state index in [4.69, 9.17) is 0 Å². The molecule has 14 heavy (non-hydrogen) atoms. The van der Waals surface area contributed by atoms with Crippen molar-refractivity contribution in [1.29, 1.82) is 0 Å². The zero-order valence-corrected chi connectivity index (χ0v) is 10.6. The molecule has 2 heteroatoms. The summed E-state index contributed by atoms with van der Waals surface area (Å²) in [7, 11) is 0. The van der Waals surface area contributed by atoms with Gasteiger partial charge in [0.05, 0.1) is 0 Å². The molecule has 0 bridgehead atoms. The summed E-state index contributed by atoms with van der Waals surface area (Å²) in [5, 5.41) is 0. The molecule has 0 aliphatic heterocycles. The van der Waals surface area contributed by atoms with Crippen LogP contribution in [0.1, 0.15) is 50.7 Å². The fourth-order valence-electron chi connectivity index (χ4n) is 1.63. The van der Waals surface area contributed by atoms with Crippen LogP contribution in [0.15, 0.2) is 16.9 Å². The zero-order valence-electron chi connectivity index (χ0n) is 8.97. The summed E-state index contributed by atoms with van der Waals surface area (Å²) in [6, 6.07) is 2.31. The van der Waals surface area contributed by atoms with Crippen LogP contribution in [0.4, 0.5) is 0 Å². The molecule has 0 amide bonds. The van der Waals surface area contributed by atoms with E-state index in [1.54, 1.807) is 0 Å². The highest BCUT2D eigenvalue weighted by molar-refractivity contribution is 9.10. The van der Waals surface area contributed by atoms with Crippen molar-refractivity contribution >= 4 is 15.9 Å².